The van der Waals surface area contributed by atoms with Crippen molar-refractivity contribution in [2.24, 2.45) is 0 Å². The Labute approximate surface area is 345 Å². The molecule has 0 saturated heterocycles. The minimum Gasteiger partial charge on any atom is -0.481 e. The molecule has 17 nitrogen and oxygen atoms in total. The molecule has 2 atom stereocenters. The van der Waals surface area contributed by atoms with E-state index in [4.69, 9.17) is 29.2 Å². The van der Waals surface area contributed by atoms with Crippen LogP contribution >= 0.6 is 0 Å². The number of hydrogen-bond donors (Lipinski definition) is 7. The van der Waals surface area contributed by atoms with Crippen LogP contribution < -0.4 is 21.3 Å². The summed E-state index contributed by atoms with van der Waals surface area (Å²) in [5.41, 5.74) is 0. The van der Waals surface area contributed by atoms with E-state index in [2.05, 4.69) is 21.3 Å². The molecule has 338 valence electrons. The number of nitrogens with one attached hydrogen (secondary N) is 4. The molecule has 0 aliphatic carbocycles. The highest BCUT2D eigenvalue weighted by Gasteiger charge is 2.21. The second-order valence-corrected chi connectivity index (χ2v) is 14.4. The maximum absolute atomic E-state index is 12.3. The fraction of sp³-hybridized carbons (Fsp3) is 0.854. The third-order valence-corrected chi connectivity index (χ3v) is 9.38. The fourth-order valence-electron chi connectivity index (χ4n) is 5.94. The van der Waals surface area contributed by atoms with Gasteiger partial charge in [0, 0.05) is 38.8 Å². The normalized spacial score (nSPS) is 12.2. The van der Waals surface area contributed by atoms with Gasteiger partial charge >= 0.3 is 17.9 Å². The van der Waals surface area contributed by atoms with Crippen molar-refractivity contribution in [3.63, 3.8) is 0 Å². The lowest BCUT2D eigenvalue weighted by Gasteiger charge is -2.14. The number of carbonyl (C=O) groups excluding carboxylic acids is 3. The Bertz CT molecular complexity index is 1080. The van der Waals surface area contributed by atoms with Gasteiger partial charge in [-0.25, -0.2) is 4.79 Å². The predicted octanol–water partition coefficient (Wildman–Crippen LogP) is 4.19. The zero-order valence-corrected chi connectivity index (χ0v) is 35.2. The van der Waals surface area contributed by atoms with E-state index in [1.165, 1.54) is 44.9 Å². The maximum Gasteiger partial charge on any atom is 0.326 e. The zero-order chi connectivity index (χ0) is 42.9. The average molecular weight is 833 g/mol. The summed E-state index contributed by atoms with van der Waals surface area (Å²) in [6, 6.07) is -1.69. The number of hydrogen-bond acceptors (Lipinski definition) is 11. The SMILES string of the molecule is CN[C@@H](CCCCNC(=O)CCOCCOCCOCCOCCNC(=O)CC[C@H](NC(=O)CCCCCCCCCCCCCCCCC(=O)O)C(=O)O)C(=O)O. The van der Waals surface area contributed by atoms with E-state index < -0.39 is 30.0 Å². The van der Waals surface area contributed by atoms with E-state index in [9.17, 15) is 33.9 Å². The van der Waals surface area contributed by atoms with Crippen molar-refractivity contribution in [3.8, 4) is 0 Å². The first-order valence-corrected chi connectivity index (χ1v) is 21.5. The Morgan fingerprint density at radius 1 is 0.414 bits per heavy atom. The van der Waals surface area contributed by atoms with Crippen molar-refractivity contribution < 1.29 is 63.0 Å². The van der Waals surface area contributed by atoms with E-state index in [1.54, 1.807) is 7.05 Å². The Morgan fingerprint density at radius 3 is 1.33 bits per heavy atom. The van der Waals surface area contributed by atoms with Crippen LogP contribution in [0.5, 0.6) is 0 Å². The Hall–Kier alpha value is -3.38. The molecule has 0 heterocycles. The third-order valence-electron chi connectivity index (χ3n) is 9.38. The van der Waals surface area contributed by atoms with E-state index in [1.807, 2.05) is 0 Å². The highest BCUT2D eigenvalue weighted by molar-refractivity contribution is 5.84. The second kappa shape index (κ2) is 40.4. The topological polar surface area (TPSA) is 248 Å². The van der Waals surface area contributed by atoms with Crippen molar-refractivity contribution >= 4 is 35.6 Å². The molecule has 0 unspecified atom stereocenters. The van der Waals surface area contributed by atoms with Crippen molar-refractivity contribution in [2.75, 3.05) is 73.0 Å². The Morgan fingerprint density at radius 2 is 0.845 bits per heavy atom. The summed E-state index contributed by atoms with van der Waals surface area (Å²) < 4.78 is 21.7. The highest BCUT2D eigenvalue weighted by atomic mass is 16.6. The molecule has 0 aliphatic rings. The molecule has 0 radical (unpaired) electrons. The van der Waals surface area contributed by atoms with Crippen LogP contribution in [0.25, 0.3) is 0 Å². The first-order chi connectivity index (χ1) is 28.1. The molecule has 0 bridgehead atoms. The molecule has 0 aromatic heterocycles. The van der Waals surface area contributed by atoms with E-state index in [0.29, 0.717) is 71.9 Å². The standard InChI is InChI=1S/C41H76N4O13/c1-42-34(40(51)52)18-16-17-24-43-37(47)23-26-55-28-30-57-32-33-58-31-29-56-27-25-44-36(46)22-21-35(41(53)54)45-38(48)19-14-12-10-8-6-4-2-3-5-7-9-11-13-15-20-39(49)50/h34-35,42H,2-33H2,1H3,(H,43,47)(H,44,46)(H,45,48)(H,49,50)(H,51,52)(H,53,54)/t34-,35-/m0/s1. The van der Waals surface area contributed by atoms with Crippen molar-refractivity contribution in [1.29, 1.82) is 0 Å². The van der Waals surface area contributed by atoms with Gasteiger partial charge in [-0.05, 0) is 45.6 Å². The molecule has 0 saturated carbocycles. The lowest BCUT2D eigenvalue weighted by atomic mass is 10.0. The van der Waals surface area contributed by atoms with Crippen molar-refractivity contribution in [3.05, 3.63) is 0 Å². The number of rotatable bonds is 44. The summed E-state index contributed by atoms with van der Waals surface area (Å²) in [7, 11) is 1.61. The van der Waals surface area contributed by atoms with Gasteiger partial charge in [-0.1, -0.05) is 77.0 Å². The number of carboxylic acids is 3. The van der Waals surface area contributed by atoms with Crippen LogP contribution in [0.2, 0.25) is 0 Å². The Balaban J connectivity index is 3.60. The van der Waals surface area contributed by atoms with Crippen LogP contribution in [-0.2, 0) is 47.7 Å². The third kappa shape index (κ3) is 38.2. The van der Waals surface area contributed by atoms with Crippen molar-refractivity contribution in [1.82, 2.24) is 21.3 Å². The minimum absolute atomic E-state index is 0.00222. The van der Waals surface area contributed by atoms with Gasteiger partial charge in [0.05, 0.1) is 52.9 Å². The molecule has 3 amide bonds. The predicted molar refractivity (Wildman–Crippen MR) is 219 cm³/mol. The van der Waals surface area contributed by atoms with E-state index in [-0.39, 0.29) is 69.6 Å². The monoisotopic (exact) mass is 833 g/mol. The van der Waals surface area contributed by atoms with Crippen LogP contribution in [0.15, 0.2) is 0 Å². The first kappa shape index (κ1) is 54.6. The van der Waals surface area contributed by atoms with Gasteiger partial charge in [0.2, 0.25) is 17.7 Å². The lowest BCUT2D eigenvalue weighted by molar-refractivity contribution is -0.142. The quantitative estimate of drug-likeness (QED) is 0.0426. The van der Waals surface area contributed by atoms with Crippen LogP contribution in [-0.4, -0.2) is 136 Å². The summed E-state index contributed by atoms with van der Waals surface area (Å²) >= 11 is 0. The van der Waals surface area contributed by atoms with Gasteiger partial charge in [0.25, 0.3) is 0 Å². The molecule has 7 N–H and O–H groups in total. The molecule has 58 heavy (non-hydrogen) atoms. The summed E-state index contributed by atoms with van der Waals surface area (Å²) in [6.45, 7) is 3.43. The van der Waals surface area contributed by atoms with Crippen LogP contribution in [0.3, 0.4) is 0 Å². The van der Waals surface area contributed by atoms with Gasteiger partial charge < -0.3 is 55.5 Å². The number of likely N-dealkylation sites (N-methyl/N-ethyl adjacent to an activating group) is 1. The first-order valence-electron chi connectivity index (χ1n) is 21.5. The van der Waals surface area contributed by atoms with Gasteiger partial charge in [-0.2, -0.15) is 0 Å². The number of carbonyl (C=O) groups is 6. The zero-order valence-electron chi connectivity index (χ0n) is 35.2. The summed E-state index contributed by atoms with van der Waals surface area (Å²) in [4.78, 5) is 69.4. The molecule has 0 aliphatic heterocycles. The second-order valence-electron chi connectivity index (χ2n) is 14.4. The largest absolute Gasteiger partial charge is 0.481 e. The van der Waals surface area contributed by atoms with Gasteiger partial charge in [0.1, 0.15) is 12.1 Å². The van der Waals surface area contributed by atoms with Crippen LogP contribution in [0.4, 0.5) is 0 Å². The number of amides is 3. The molecule has 0 rings (SSSR count). The molecular weight excluding hydrogens is 756 g/mol. The molecule has 0 aromatic carbocycles. The molecular formula is C41H76N4O13. The van der Waals surface area contributed by atoms with Crippen LogP contribution in [0, 0.1) is 0 Å². The van der Waals surface area contributed by atoms with Crippen molar-refractivity contribution in [2.45, 2.75) is 153 Å². The smallest absolute Gasteiger partial charge is 0.326 e. The minimum atomic E-state index is -1.17. The summed E-state index contributed by atoms with van der Waals surface area (Å²) in [5, 5.41) is 37.9. The molecule has 0 fully saturated rings. The molecule has 0 aromatic rings. The van der Waals surface area contributed by atoms with Gasteiger partial charge in [0.15, 0.2) is 0 Å². The van der Waals surface area contributed by atoms with E-state index >= 15 is 0 Å². The number of carboxylic acid groups (broad SMARTS) is 3. The summed E-state index contributed by atoms with van der Waals surface area (Å²) in [5.74, 6) is -3.51. The average Bonchev–Trinajstić information content (AvgIpc) is 3.18. The maximum atomic E-state index is 12.3. The number of unbranched alkanes of at least 4 members (excludes halogenated alkanes) is 14. The highest BCUT2D eigenvalue weighted by Crippen LogP contribution is 2.14. The molecule has 0 spiro atoms. The van der Waals surface area contributed by atoms with Gasteiger partial charge in [-0.15, -0.1) is 0 Å². The van der Waals surface area contributed by atoms with Gasteiger partial charge in [-0.3, -0.25) is 24.0 Å². The lowest BCUT2D eigenvalue weighted by Crippen LogP contribution is -2.41. The summed E-state index contributed by atoms with van der Waals surface area (Å²) in [6.07, 6.45) is 17.8. The fourth-order valence-corrected chi connectivity index (χ4v) is 5.94. The molecule has 17 heteroatoms. The Kier molecular flexibility index (Phi) is 38.0. The van der Waals surface area contributed by atoms with E-state index in [0.717, 1.165) is 38.5 Å². The number of aliphatic carboxylic acids is 3. The number of ether oxygens (including phenoxy) is 4. The van der Waals surface area contributed by atoms with Crippen LogP contribution in [0.1, 0.15) is 141 Å².